The average Bonchev–Trinajstić information content (AvgIpc) is 2.76. The maximum absolute atomic E-state index is 7.66. The van der Waals surface area contributed by atoms with Gasteiger partial charge in [-0.15, -0.1) is 10.2 Å². The quantitative estimate of drug-likeness (QED) is 0.490. The molecule has 0 amide bonds. The summed E-state index contributed by atoms with van der Waals surface area (Å²) in [6.07, 6.45) is 0. The van der Waals surface area contributed by atoms with E-state index < -0.39 is 0 Å². The van der Waals surface area contributed by atoms with Crippen LogP contribution in [0.4, 0.5) is 0 Å². The lowest BCUT2D eigenvalue weighted by molar-refractivity contribution is 0.429. The fraction of sp³-hybridized carbons (Fsp3) is 0.250. The smallest absolute Gasteiger partial charge is 0.276 e. The molecule has 2 aromatic rings. The number of thioether (sulfide) groups is 1. The van der Waals surface area contributed by atoms with Gasteiger partial charge in [-0.3, -0.25) is 5.41 Å². The SMILES string of the molecule is Cc1nnc(SCC(C(=N)N)c2ccccc2)o1. The highest BCUT2D eigenvalue weighted by molar-refractivity contribution is 7.99. The third-order valence-corrected chi connectivity index (χ3v) is 3.37. The van der Waals surface area contributed by atoms with Crippen LogP contribution in [0.2, 0.25) is 0 Å². The van der Waals surface area contributed by atoms with Gasteiger partial charge in [0.05, 0.1) is 11.8 Å². The lowest BCUT2D eigenvalue weighted by Crippen LogP contribution is -2.22. The van der Waals surface area contributed by atoms with Crippen molar-refractivity contribution in [2.24, 2.45) is 5.73 Å². The van der Waals surface area contributed by atoms with Crippen LogP contribution in [0.5, 0.6) is 0 Å². The molecule has 5 nitrogen and oxygen atoms in total. The first-order valence-corrected chi connectivity index (χ1v) is 6.47. The molecule has 0 fully saturated rings. The number of nitrogens with two attached hydrogens (primary N) is 1. The first kappa shape index (κ1) is 12.6. The molecule has 1 heterocycles. The lowest BCUT2D eigenvalue weighted by atomic mass is 10.0. The summed E-state index contributed by atoms with van der Waals surface area (Å²) < 4.78 is 5.28. The third kappa shape index (κ3) is 3.10. The van der Waals surface area contributed by atoms with Crippen molar-refractivity contribution in [3.05, 3.63) is 41.8 Å². The molecule has 0 bridgehead atoms. The van der Waals surface area contributed by atoms with Crippen molar-refractivity contribution in [1.82, 2.24) is 10.2 Å². The molecule has 0 aliphatic rings. The molecule has 1 atom stereocenters. The maximum Gasteiger partial charge on any atom is 0.276 e. The van der Waals surface area contributed by atoms with E-state index in [1.54, 1.807) is 6.92 Å². The molecule has 6 heteroatoms. The molecular weight excluding hydrogens is 248 g/mol. The molecule has 0 aliphatic carbocycles. The van der Waals surface area contributed by atoms with Crippen LogP contribution < -0.4 is 5.73 Å². The predicted molar refractivity (Wildman–Crippen MR) is 70.9 cm³/mol. The largest absolute Gasteiger partial charge is 0.416 e. The summed E-state index contributed by atoms with van der Waals surface area (Å²) in [5.41, 5.74) is 6.66. The highest BCUT2D eigenvalue weighted by Crippen LogP contribution is 2.25. The molecule has 1 aromatic heterocycles. The van der Waals surface area contributed by atoms with Gasteiger partial charge >= 0.3 is 0 Å². The minimum absolute atomic E-state index is 0.136. The number of benzene rings is 1. The Morgan fingerprint density at radius 1 is 1.39 bits per heavy atom. The number of nitrogens with one attached hydrogen (secondary N) is 1. The monoisotopic (exact) mass is 262 g/mol. The van der Waals surface area contributed by atoms with E-state index >= 15 is 0 Å². The molecule has 0 saturated carbocycles. The lowest BCUT2D eigenvalue weighted by Gasteiger charge is -2.14. The van der Waals surface area contributed by atoms with Crippen LogP contribution in [0, 0.1) is 12.3 Å². The van der Waals surface area contributed by atoms with E-state index in [2.05, 4.69) is 10.2 Å². The highest BCUT2D eigenvalue weighted by atomic mass is 32.2. The molecule has 1 unspecified atom stereocenters. The average molecular weight is 262 g/mol. The standard InChI is InChI=1S/C12H14N4OS/c1-8-15-16-12(17-8)18-7-10(11(13)14)9-5-3-2-4-6-9/h2-6,10H,7H2,1H3,(H3,13,14). The number of hydrogen-bond donors (Lipinski definition) is 2. The van der Waals surface area contributed by atoms with Gasteiger partial charge in [-0.2, -0.15) is 0 Å². The Labute approximate surface area is 109 Å². The fourth-order valence-electron chi connectivity index (χ4n) is 1.54. The Hall–Kier alpha value is -1.82. The zero-order chi connectivity index (χ0) is 13.0. The molecule has 0 spiro atoms. The van der Waals surface area contributed by atoms with Crippen molar-refractivity contribution in [3.63, 3.8) is 0 Å². The normalized spacial score (nSPS) is 12.3. The van der Waals surface area contributed by atoms with Crippen molar-refractivity contribution in [1.29, 1.82) is 5.41 Å². The van der Waals surface area contributed by atoms with Gasteiger partial charge in [0.25, 0.3) is 5.22 Å². The van der Waals surface area contributed by atoms with Crippen LogP contribution in [-0.2, 0) is 0 Å². The van der Waals surface area contributed by atoms with E-state index in [9.17, 15) is 0 Å². The summed E-state index contributed by atoms with van der Waals surface area (Å²) in [7, 11) is 0. The number of aryl methyl sites for hydroxylation is 1. The Kier molecular flexibility index (Phi) is 3.99. The zero-order valence-electron chi connectivity index (χ0n) is 9.96. The van der Waals surface area contributed by atoms with Crippen LogP contribution in [0.3, 0.4) is 0 Å². The topological polar surface area (TPSA) is 88.8 Å². The fourth-order valence-corrected chi connectivity index (χ4v) is 2.50. The van der Waals surface area contributed by atoms with Crippen LogP contribution in [0.15, 0.2) is 40.0 Å². The first-order valence-electron chi connectivity index (χ1n) is 5.48. The summed E-state index contributed by atoms with van der Waals surface area (Å²) in [6.45, 7) is 1.75. The minimum atomic E-state index is -0.136. The van der Waals surface area contributed by atoms with Gasteiger partial charge in [0, 0.05) is 12.7 Å². The maximum atomic E-state index is 7.66. The molecular formula is C12H14N4OS. The summed E-state index contributed by atoms with van der Waals surface area (Å²) in [5.74, 6) is 1.16. The third-order valence-electron chi connectivity index (χ3n) is 2.46. The van der Waals surface area contributed by atoms with Crippen molar-refractivity contribution in [2.75, 3.05) is 5.75 Å². The second kappa shape index (κ2) is 5.68. The van der Waals surface area contributed by atoms with E-state index in [-0.39, 0.29) is 11.8 Å². The number of aromatic nitrogens is 2. The molecule has 0 aliphatic heterocycles. The molecule has 1 aromatic carbocycles. The van der Waals surface area contributed by atoms with Gasteiger partial charge in [-0.25, -0.2) is 0 Å². The van der Waals surface area contributed by atoms with E-state index in [1.807, 2.05) is 30.3 Å². The summed E-state index contributed by atoms with van der Waals surface area (Å²) >= 11 is 1.41. The van der Waals surface area contributed by atoms with E-state index in [0.717, 1.165) is 5.56 Å². The zero-order valence-corrected chi connectivity index (χ0v) is 10.8. The highest BCUT2D eigenvalue weighted by Gasteiger charge is 2.16. The number of rotatable bonds is 5. The predicted octanol–water partition coefficient (Wildman–Crippen LogP) is 2.19. The van der Waals surface area contributed by atoms with Gasteiger partial charge in [-0.05, 0) is 5.56 Å². The minimum Gasteiger partial charge on any atom is -0.416 e. The summed E-state index contributed by atoms with van der Waals surface area (Å²) in [6, 6.07) is 9.74. The van der Waals surface area contributed by atoms with E-state index in [4.69, 9.17) is 15.6 Å². The van der Waals surface area contributed by atoms with Crippen molar-refractivity contribution < 1.29 is 4.42 Å². The van der Waals surface area contributed by atoms with Crippen molar-refractivity contribution in [3.8, 4) is 0 Å². The summed E-state index contributed by atoms with van der Waals surface area (Å²) in [5, 5.41) is 15.8. The molecule has 94 valence electrons. The van der Waals surface area contributed by atoms with Crippen molar-refractivity contribution in [2.45, 2.75) is 18.1 Å². The van der Waals surface area contributed by atoms with Crippen LogP contribution in [0.1, 0.15) is 17.4 Å². The number of nitrogens with zero attached hydrogens (tertiary/aromatic N) is 2. The second-order valence-corrected chi connectivity index (χ2v) is 4.79. The van der Waals surface area contributed by atoms with Gasteiger partial charge in [0.15, 0.2) is 0 Å². The number of amidine groups is 1. The van der Waals surface area contributed by atoms with E-state index in [0.29, 0.717) is 16.9 Å². The van der Waals surface area contributed by atoms with Gasteiger partial charge in [-0.1, -0.05) is 42.1 Å². The first-order chi connectivity index (χ1) is 8.66. The van der Waals surface area contributed by atoms with Gasteiger partial charge in [0.1, 0.15) is 0 Å². The Morgan fingerprint density at radius 3 is 2.67 bits per heavy atom. The van der Waals surface area contributed by atoms with Crippen LogP contribution in [-0.4, -0.2) is 21.8 Å². The molecule has 18 heavy (non-hydrogen) atoms. The Morgan fingerprint density at radius 2 is 2.11 bits per heavy atom. The Bertz CT molecular complexity index is 526. The van der Waals surface area contributed by atoms with E-state index in [1.165, 1.54) is 11.8 Å². The molecule has 2 rings (SSSR count). The molecule has 3 N–H and O–H groups in total. The molecule has 0 saturated heterocycles. The summed E-state index contributed by atoms with van der Waals surface area (Å²) in [4.78, 5) is 0. The Balaban J connectivity index is 2.06. The van der Waals surface area contributed by atoms with Gasteiger partial charge < -0.3 is 10.2 Å². The molecule has 0 radical (unpaired) electrons. The van der Waals surface area contributed by atoms with Crippen LogP contribution in [0.25, 0.3) is 0 Å². The van der Waals surface area contributed by atoms with Gasteiger partial charge in [0.2, 0.25) is 5.89 Å². The van der Waals surface area contributed by atoms with Crippen molar-refractivity contribution >= 4 is 17.6 Å². The van der Waals surface area contributed by atoms with Crippen LogP contribution >= 0.6 is 11.8 Å². The number of hydrogen-bond acceptors (Lipinski definition) is 5. The second-order valence-electron chi connectivity index (χ2n) is 3.82.